The summed E-state index contributed by atoms with van der Waals surface area (Å²) in [4.78, 5) is 30.6. The van der Waals surface area contributed by atoms with Gasteiger partial charge in [-0.15, -0.1) is 0 Å². The number of hydrogen-bond acceptors (Lipinski definition) is 5. The van der Waals surface area contributed by atoms with Gasteiger partial charge in [0.05, 0.1) is 35.2 Å². The highest BCUT2D eigenvalue weighted by atomic mass is 35.5. The van der Waals surface area contributed by atoms with E-state index in [9.17, 15) is 9.59 Å². The standard InChI is InChI=1S/C24H22ClN3O3S/c1-15(2)18-7-3-4-8-21(18)28-23(30)19-10-9-16(25)12-20(19)27-24(28)32-14-22(29)26-13-17-6-5-11-31-17/h3-12,15H,13-14H2,1-2H3,(H,26,29). The van der Waals surface area contributed by atoms with Crippen molar-refractivity contribution in [1.29, 1.82) is 0 Å². The van der Waals surface area contributed by atoms with Gasteiger partial charge >= 0.3 is 0 Å². The molecule has 0 atom stereocenters. The Morgan fingerprint density at radius 1 is 1.19 bits per heavy atom. The number of aromatic nitrogens is 2. The maximum absolute atomic E-state index is 13.5. The highest BCUT2D eigenvalue weighted by molar-refractivity contribution is 7.99. The van der Waals surface area contributed by atoms with Gasteiger partial charge in [-0.3, -0.25) is 14.2 Å². The molecule has 0 aliphatic heterocycles. The molecule has 6 nitrogen and oxygen atoms in total. The molecule has 1 N–H and O–H groups in total. The van der Waals surface area contributed by atoms with Crippen LogP contribution in [0.3, 0.4) is 0 Å². The van der Waals surface area contributed by atoms with E-state index in [4.69, 9.17) is 21.0 Å². The fourth-order valence-electron chi connectivity index (χ4n) is 3.41. The number of benzene rings is 2. The summed E-state index contributed by atoms with van der Waals surface area (Å²) in [5, 5.41) is 4.22. The second-order valence-electron chi connectivity index (χ2n) is 7.55. The molecule has 0 aliphatic rings. The largest absolute Gasteiger partial charge is 0.467 e. The van der Waals surface area contributed by atoms with Gasteiger partial charge in [-0.25, -0.2) is 4.98 Å². The van der Waals surface area contributed by atoms with Crippen molar-refractivity contribution in [2.45, 2.75) is 31.5 Å². The highest BCUT2D eigenvalue weighted by Crippen LogP contribution is 2.27. The van der Waals surface area contributed by atoms with Crippen LogP contribution in [0.2, 0.25) is 5.02 Å². The summed E-state index contributed by atoms with van der Waals surface area (Å²) < 4.78 is 6.84. The van der Waals surface area contributed by atoms with E-state index in [-0.39, 0.29) is 23.1 Å². The molecular weight excluding hydrogens is 446 g/mol. The summed E-state index contributed by atoms with van der Waals surface area (Å²) in [5.41, 5.74) is 2.08. The van der Waals surface area contributed by atoms with Crippen LogP contribution in [0.15, 0.2) is 75.2 Å². The van der Waals surface area contributed by atoms with Crippen molar-refractivity contribution >= 4 is 40.2 Å². The molecule has 8 heteroatoms. The summed E-state index contributed by atoms with van der Waals surface area (Å²) in [7, 11) is 0. The number of fused-ring (bicyclic) bond motifs is 1. The number of para-hydroxylation sites is 1. The highest BCUT2D eigenvalue weighted by Gasteiger charge is 2.18. The van der Waals surface area contributed by atoms with Crippen LogP contribution in [-0.4, -0.2) is 21.2 Å². The van der Waals surface area contributed by atoms with Crippen molar-refractivity contribution in [1.82, 2.24) is 14.9 Å². The molecule has 0 bridgehead atoms. The number of nitrogens with one attached hydrogen (secondary N) is 1. The van der Waals surface area contributed by atoms with E-state index in [1.807, 2.05) is 24.3 Å². The summed E-state index contributed by atoms with van der Waals surface area (Å²) in [6, 6.07) is 16.3. The first-order chi connectivity index (χ1) is 15.4. The van der Waals surface area contributed by atoms with Gasteiger partial charge in [0.25, 0.3) is 5.56 Å². The predicted molar refractivity (Wildman–Crippen MR) is 128 cm³/mol. The van der Waals surface area contributed by atoms with Gasteiger partial charge in [-0.1, -0.05) is 55.4 Å². The number of halogens is 1. The minimum atomic E-state index is -0.196. The van der Waals surface area contributed by atoms with Gasteiger partial charge in [-0.2, -0.15) is 0 Å². The molecule has 164 valence electrons. The van der Waals surface area contributed by atoms with Crippen LogP contribution in [-0.2, 0) is 11.3 Å². The van der Waals surface area contributed by atoms with Crippen LogP contribution in [0.1, 0.15) is 31.1 Å². The average Bonchev–Trinajstić information content (AvgIpc) is 3.30. The molecule has 0 saturated heterocycles. The lowest BCUT2D eigenvalue weighted by atomic mass is 10.0. The molecule has 2 heterocycles. The Balaban J connectivity index is 1.72. The lowest BCUT2D eigenvalue weighted by Crippen LogP contribution is -2.26. The fourth-order valence-corrected chi connectivity index (χ4v) is 4.41. The Hall–Kier alpha value is -3.03. The molecule has 0 radical (unpaired) electrons. The first-order valence-electron chi connectivity index (χ1n) is 10.2. The van der Waals surface area contributed by atoms with Gasteiger partial charge < -0.3 is 9.73 Å². The van der Waals surface area contributed by atoms with Crippen molar-refractivity contribution in [3.8, 4) is 5.69 Å². The van der Waals surface area contributed by atoms with Gasteiger partial charge in [0.2, 0.25) is 5.91 Å². The third-order valence-corrected chi connectivity index (χ3v) is 6.15. The molecule has 4 rings (SSSR count). The van der Waals surface area contributed by atoms with Crippen LogP contribution in [0.5, 0.6) is 0 Å². The molecule has 2 aromatic heterocycles. The van der Waals surface area contributed by atoms with E-state index < -0.39 is 0 Å². The van der Waals surface area contributed by atoms with E-state index in [1.54, 1.807) is 41.2 Å². The number of hydrogen-bond donors (Lipinski definition) is 1. The Bertz CT molecular complexity index is 1320. The second-order valence-corrected chi connectivity index (χ2v) is 8.93. The van der Waals surface area contributed by atoms with Gasteiger partial charge in [0.1, 0.15) is 5.76 Å². The number of nitrogens with zero attached hydrogens (tertiary/aromatic N) is 2. The van der Waals surface area contributed by atoms with E-state index in [2.05, 4.69) is 19.2 Å². The molecule has 0 saturated carbocycles. The molecule has 0 fully saturated rings. The van der Waals surface area contributed by atoms with Crippen LogP contribution in [0, 0.1) is 0 Å². The van der Waals surface area contributed by atoms with E-state index in [1.165, 1.54) is 11.8 Å². The third-order valence-electron chi connectivity index (χ3n) is 4.97. The van der Waals surface area contributed by atoms with Gasteiger partial charge in [-0.05, 0) is 47.9 Å². The van der Waals surface area contributed by atoms with Gasteiger partial charge in [0, 0.05) is 5.02 Å². The topological polar surface area (TPSA) is 77.1 Å². The van der Waals surface area contributed by atoms with Crippen LogP contribution < -0.4 is 10.9 Å². The molecule has 0 unspecified atom stereocenters. The minimum absolute atomic E-state index is 0.100. The number of amides is 1. The maximum Gasteiger partial charge on any atom is 0.266 e. The number of carbonyl (C=O) groups is 1. The number of furan rings is 1. The lowest BCUT2D eigenvalue weighted by Gasteiger charge is -2.18. The Labute approximate surface area is 194 Å². The maximum atomic E-state index is 13.5. The van der Waals surface area contributed by atoms with E-state index in [0.29, 0.717) is 33.4 Å². The minimum Gasteiger partial charge on any atom is -0.467 e. The lowest BCUT2D eigenvalue weighted by molar-refractivity contribution is -0.118. The van der Waals surface area contributed by atoms with Crippen molar-refractivity contribution in [2.75, 3.05) is 5.75 Å². The Morgan fingerprint density at radius 2 is 2.00 bits per heavy atom. The number of thioether (sulfide) groups is 1. The first-order valence-corrected chi connectivity index (χ1v) is 11.5. The third kappa shape index (κ3) is 4.74. The zero-order chi connectivity index (χ0) is 22.7. The zero-order valence-electron chi connectivity index (χ0n) is 17.7. The summed E-state index contributed by atoms with van der Waals surface area (Å²) in [6.45, 7) is 4.45. The average molecular weight is 468 g/mol. The van der Waals surface area contributed by atoms with Crippen LogP contribution in [0.25, 0.3) is 16.6 Å². The monoisotopic (exact) mass is 467 g/mol. The normalized spacial score (nSPS) is 11.2. The zero-order valence-corrected chi connectivity index (χ0v) is 19.2. The number of rotatable bonds is 7. The van der Waals surface area contributed by atoms with Gasteiger partial charge in [0.15, 0.2) is 5.16 Å². The Morgan fingerprint density at radius 3 is 2.75 bits per heavy atom. The molecule has 32 heavy (non-hydrogen) atoms. The van der Waals surface area contributed by atoms with E-state index in [0.717, 1.165) is 11.3 Å². The first kappa shape index (κ1) is 22.2. The smallest absolute Gasteiger partial charge is 0.266 e. The van der Waals surface area contributed by atoms with Crippen molar-refractivity contribution in [2.24, 2.45) is 0 Å². The molecule has 1 amide bonds. The number of carbonyl (C=O) groups excluding carboxylic acids is 1. The predicted octanol–water partition coefficient (Wildman–Crippen LogP) is 5.16. The Kier molecular flexibility index (Phi) is 6.67. The molecule has 2 aromatic carbocycles. The molecule has 0 aliphatic carbocycles. The summed E-state index contributed by atoms with van der Waals surface area (Å²) in [6.07, 6.45) is 1.56. The van der Waals surface area contributed by atoms with E-state index >= 15 is 0 Å². The van der Waals surface area contributed by atoms with Crippen molar-refractivity contribution in [3.63, 3.8) is 0 Å². The van der Waals surface area contributed by atoms with Crippen LogP contribution in [0.4, 0.5) is 0 Å². The summed E-state index contributed by atoms with van der Waals surface area (Å²) in [5.74, 6) is 0.789. The molecule has 4 aromatic rings. The fraction of sp³-hybridized carbons (Fsp3) is 0.208. The van der Waals surface area contributed by atoms with Crippen molar-refractivity contribution in [3.05, 3.63) is 87.6 Å². The quantitative estimate of drug-likeness (QED) is 0.300. The van der Waals surface area contributed by atoms with Crippen LogP contribution >= 0.6 is 23.4 Å². The van der Waals surface area contributed by atoms with Crippen molar-refractivity contribution < 1.29 is 9.21 Å². The summed E-state index contributed by atoms with van der Waals surface area (Å²) >= 11 is 7.34. The SMILES string of the molecule is CC(C)c1ccccc1-n1c(SCC(=O)NCc2ccco2)nc2cc(Cl)ccc2c1=O. The molecular formula is C24H22ClN3O3S. The second kappa shape index (κ2) is 9.63. The molecule has 0 spiro atoms.